The molecule has 0 atom stereocenters. The number of pyridine rings is 1. The molecule has 0 saturated heterocycles. The fourth-order valence-electron chi connectivity index (χ4n) is 2.46. The summed E-state index contributed by atoms with van der Waals surface area (Å²) in [6.45, 7) is 2.44. The number of nitrogens with zero attached hydrogens (tertiary/aromatic N) is 2. The Balaban J connectivity index is 2.09. The molecule has 0 spiro atoms. The van der Waals surface area contributed by atoms with Gasteiger partial charge in [-0.1, -0.05) is 12.1 Å². The largest absolute Gasteiger partial charge is 0.461 e. The molecule has 0 bridgehead atoms. The van der Waals surface area contributed by atoms with E-state index in [4.69, 9.17) is 4.74 Å². The molecule has 112 valence electrons. The molecule has 3 rings (SSSR count). The molecule has 0 amide bonds. The zero-order valence-electron chi connectivity index (χ0n) is 12.1. The Bertz CT molecular complexity index is 826. The molecular formula is C17H15FN2O2. The number of fused-ring (bicyclic) bond motifs is 1. The molecule has 4 nitrogen and oxygen atoms in total. The molecule has 2 aromatic heterocycles. The number of carbonyl (C=O) groups excluding carboxylic acids is 1. The summed E-state index contributed by atoms with van der Waals surface area (Å²) in [6.07, 6.45) is 3.36. The van der Waals surface area contributed by atoms with Gasteiger partial charge < -0.3 is 9.30 Å². The van der Waals surface area contributed by atoms with Crippen molar-refractivity contribution in [2.75, 3.05) is 6.61 Å². The van der Waals surface area contributed by atoms with Crippen molar-refractivity contribution < 1.29 is 13.9 Å². The van der Waals surface area contributed by atoms with Crippen LogP contribution in [0, 0.1) is 5.82 Å². The van der Waals surface area contributed by atoms with E-state index in [0.29, 0.717) is 18.8 Å². The molecule has 1 aromatic carbocycles. The summed E-state index contributed by atoms with van der Waals surface area (Å²) in [5, 5.41) is 0.898. The number of benzene rings is 1. The van der Waals surface area contributed by atoms with Crippen LogP contribution in [0.1, 0.15) is 23.0 Å². The Labute approximate surface area is 127 Å². The molecule has 22 heavy (non-hydrogen) atoms. The van der Waals surface area contributed by atoms with Crippen LogP contribution in [0.3, 0.4) is 0 Å². The molecule has 0 aliphatic heterocycles. The third kappa shape index (κ3) is 2.70. The number of carbonyl (C=O) groups is 1. The molecule has 0 unspecified atom stereocenters. The predicted octanol–water partition coefficient (Wildman–Crippen LogP) is 3.40. The van der Waals surface area contributed by atoms with Gasteiger partial charge in [-0.05, 0) is 36.8 Å². The summed E-state index contributed by atoms with van der Waals surface area (Å²) in [4.78, 5) is 16.3. The van der Waals surface area contributed by atoms with E-state index in [1.165, 1.54) is 12.1 Å². The Morgan fingerprint density at radius 1 is 1.32 bits per heavy atom. The number of halogens is 1. The summed E-state index contributed by atoms with van der Waals surface area (Å²) in [5.74, 6) is -0.695. The van der Waals surface area contributed by atoms with Gasteiger partial charge in [0.05, 0.1) is 18.3 Å². The highest BCUT2D eigenvalue weighted by molar-refractivity contribution is 5.95. The van der Waals surface area contributed by atoms with E-state index in [1.54, 1.807) is 36.0 Å². The van der Waals surface area contributed by atoms with Crippen LogP contribution < -0.4 is 0 Å². The smallest absolute Gasteiger partial charge is 0.354 e. The third-order valence-corrected chi connectivity index (χ3v) is 3.42. The standard InChI is InChI=1S/C17H15FN2O2/c1-2-22-17(21)15-9-13-6-7-19-10-16(13)20(15)11-12-4-3-5-14(18)8-12/h3-10H,2,11H2,1H3. The molecule has 0 aliphatic carbocycles. The summed E-state index contributed by atoms with van der Waals surface area (Å²) >= 11 is 0. The maximum Gasteiger partial charge on any atom is 0.354 e. The first-order valence-corrected chi connectivity index (χ1v) is 7.04. The van der Waals surface area contributed by atoms with Crippen LogP contribution in [-0.2, 0) is 11.3 Å². The number of esters is 1. The Morgan fingerprint density at radius 2 is 2.18 bits per heavy atom. The van der Waals surface area contributed by atoms with E-state index >= 15 is 0 Å². The number of hydrogen-bond acceptors (Lipinski definition) is 3. The van der Waals surface area contributed by atoms with Crippen molar-refractivity contribution in [2.45, 2.75) is 13.5 Å². The molecule has 0 N–H and O–H groups in total. The van der Waals surface area contributed by atoms with Gasteiger partial charge in [0.2, 0.25) is 0 Å². The van der Waals surface area contributed by atoms with Crippen molar-refractivity contribution in [3.63, 3.8) is 0 Å². The molecular weight excluding hydrogens is 283 g/mol. The van der Waals surface area contributed by atoms with E-state index in [-0.39, 0.29) is 5.82 Å². The van der Waals surface area contributed by atoms with Gasteiger partial charge in [0.15, 0.2) is 0 Å². The highest BCUT2D eigenvalue weighted by atomic mass is 19.1. The van der Waals surface area contributed by atoms with E-state index in [2.05, 4.69) is 4.98 Å². The number of hydrogen-bond donors (Lipinski definition) is 0. The van der Waals surface area contributed by atoms with Crippen molar-refractivity contribution in [3.8, 4) is 0 Å². The van der Waals surface area contributed by atoms with Gasteiger partial charge in [-0.25, -0.2) is 9.18 Å². The SMILES string of the molecule is CCOC(=O)c1cc2ccncc2n1Cc1cccc(F)c1. The van der Waals surface area contributed by atoms with Gasteiger partial charge >= 0.3 is 5.97 Å². The van der Waals surface area contributed by atoms with E-state index in [1.807, 2.05) is 12.1 Å². The number of ether oxygens (including phenoxy) is 1. The fraction of sp³-hybridized carbons (Fsp3) is 0.176. The van der Waals surface area contributed by atoms with Gasteiger partial charge in [-0.15, -0.1) is 0 Å². The second kappa shape index (κ2) is 5.97. The Morgan fingerprint density at radius 3 is 2.95 bits per heavy atom. The van der Waals surface area contributed by atoms with Crippen LogP contribution >= 0.6 is 0 Å². The van der Waals surface area contributed by atoms with Gasteiger partial charge in [0.1, 0.15) is 11.5 Å². The highest BCUT2D eigenvalue weighted by Crippen LogP contribution is 2.21. The van der Waals surface area contributed by atoms with E-state index < -0.39 is 5.97 Å². The maximum absolute atomic E-state index is 13.4. The second-order valence-electron chi connectivity index (χ2n) is 4.90. The molecule has 2 heterocycles. The summed E-state index contributed by atoms with van der Waals surface area (Å²) in [6, 6.07) is 9.93. The van der Waals surface area contributed by atoms with Crippen LogP contribution in [-0.4, -0.2) is 22.1 Å². The minimum Gasteiger partial charge on any atom is -0.461 e. The van der Waals surface area contributed by atoms with E-state index in [9.17, 15) is 9.18 Å². The van der Waals surface area contributed by atoms with Gasteiger partial charge in [0, 0.05) is 18.1 Å². The first-order valence-electron chi connectivity index (χ1n) is 7.04. The zero-order chi connectivity index (χ0) is 15.5. The van der Waals surface area contributed by atoms with Crippen LogP contribution in [0.5, 0.6) is 0 Å². The van der Waals surface area contributed by atoms with E-state index in [0.717, 1.165) is 16.5 Å². The summed E-state index contributed by atoms with van der Waals surface area (Å²) in [7, 11) is 0. The lowest BCUT2D eigenvalue weighted by molar-refractivity contribution is 0.0515. The molecule has 5 heteroatoms. The summed E-state index contributed by atoms with van der Waals surface area (Å²) < 4.78 is 20.3. The quantitative estimate of drug-likeness (QED) is 0.693. The minimum atomic E-state index is -0.393. The van der Waals surface area contributed by atoms with Gasteiger partial charge in [-0.3, -0.25) is 4.98 Å². The average molecular weight is 298 g/mol. The lowest BCUT2D eigenvalue weighted by Crippen LogP contribution is -2.13. The zero-order valence-corrected chi connectivity index (χ0v) is 12.1. The highest BCUT2D eigenvalue weighted by Gasteiger charge is 2.17. The Kier molecular flexibility index (Phi) is 3.87. The molecule has 0 radical (unpaired) electrons. The fourth-order valence-corrected chi connectivity index (χ4v) is 2.46. The van der Waals surface area contributed by atoms with Crippen molar-refractivity contribution in [1.82, 2.24) is 9.55 Å². The Hall–Kier alpha value is -2.69. The molecule has 3 aromatic rings. The maximum atomic E-state index is 13.4. The molecule has 0 fully saturated rings. The summed E-state index contributed by atoms with van der Waals surface area (Å²) in [5.41, 5.74) is 2.02. The predicted molar refractivity (Wildman–Crippen MR) is 81.2 cm³/mol. The normalized spacial score (nSPS) is 10.8. The number of rotatable bonds is 4. The lowest BCUT2D eigenvalue weighted by Gasteiger charge is -2.10. The van der Waals surface area contributed by atoms with Crippen LogP contribution in [0.15, 0.2) is 48.8 Å². The van der Waals surface area contributed by atoms with Gasteiger partial charge in [0.25, 0.3) is 0 Å². The molecule has 0 saturated carbocycles. The van der Waals surface area contributed by atoms with Crippen molar-refractivity contribution >= 4 is 16.9 Å². The second-order valence-corrected chi connectivity index (χ2v) is 4.90. The topological polar surface area (TPSA) is 44.1 Å². The van der Waals surface area contributed by atoms with Gasteiger partial charge in [-0.2, -0.15) is 0 Å². The monoisotopic (exact) mass is 298 g/mol. The lowest BCUT2D eigenvalue weighted by atomic mass is 10.2. The van der Waals surface area contributed by atoms with Crippen LogP contribution in [0.25, 0.3) is 10.9 Å². The minimum absolute atomic E-state index is 0.301. The first kappa shape index (κ1) is 14.3. The first-order chi connectivity index (χ1) is 10.7. The third-order valence-electron chi connectivity index (χ3n) is 3.42. The van der Waals surface area contributed by atoms with Crippen LogP contribution in [0.2, 0.25) is 0 Å². The van der Waals surface area contributed by atoms with Crippen molar-refractivity contribution in [1.29, 1.82) is 0 Å². The van der Waals surface area contributed by atoms with Crippen molar-refractivity contribution in [3.05, 3.63) is 65.9 Å². The number of aromatic nitrogens is 2. The van der Waals surface area contributed by atoms with Crippen molar-refractivity contribution in [2.24, 2.45) is 0 Å². The van der Waals surface area contributed by atoms with Crippen LogP contribution in [0.4, 0.5) is 4.39 Å². The average Bonchev–Trinajstić information content (AvgIpc) is 2.87. The molecule has 0 aliphatic rings.